The van der Waals surface area contributed by atoms with Gasteiger partial charge in [0.05, 0.1) is 16.8 Å². The van der Waals surface area contributed by atoms with Crippen molar-refractivity contribution in [3.05, 3.63) is 52.2 Å². The highest BCUT2D eigenvalue weighted by Gasteiger charge is 2.11. The van der Waals surface area contributed by atoms with Crippen LogP contribution in [0.15, 0.2) is 24.3 Å². The molecule has 0 fully saturated rings. The molecule has 0 aliphatic carbocycles. The monoisotopic (exact) mass is 262 g/mol. The predicted octanol–water partition coefficient (Wildman–Crippen LogP) is 3.49. The van der Waals surface area contributed by atoms with Crippen LogP contribution in [0, 0.1) is 43.4 Å². The van der Waals surface area contributed by atoms with Crippen molar-refractivity contribution in [1.29, 1.82) is 10.5 Å². The van der Waals surface area contributed by atoms with Crippen LogP contribution in [0.4, 0.5) is 11.5 Å². The van der Waals surface area contributed by atoms with E-state index < -0.39 is 0 Å². The predicted molar refractivity (Wildman–Crippen MR) is 77.6 cm³/mol. The van der Waals surface area contributed by atoms with Crippen LogP contribution in [0.3, 0.4) is 0 Å². The number of rotatable bonds is 2. The Morgan fingerprint density at radius 3 is 2.35 bits per heavy atom. The van der Waals surface area contributed by atoms with Gasteiger partial charge < -0.3 is 5.32 Å². The van der Waals surface area contributed by atoms with Crippen molar-refractivity contribution >= 4 is 11.5 Å². The molecule has 0 aliphatic heterocycles. The van der Waals surface area contributed by atoms with Crippen LogP contribution in [0.25, 0.3) is 0 Å². The van der Waals surface area contributed by atoms with Gasteiger partial charge in [0.1, 0.15) is 18.0 Å². The minimum atomic E-state index is 0.493. The SMILES string of the molecule is Cc1cc(C)c(C#N)c(Nc2cccc(C)c2C#N)n1. The van der Waals surface area contributed by atoms with Crippen molar-refractivity contribution in [3.63, 3.8) is 0 Å². The quantitative estimate of drug-likeness (QED) is 0.899. The smallest absolute Gasteiger partial charge is 0.148 e. The van der Waals surface area contributed by atoms with E-state index in [2.05, 4.69) is 22.4 Å². The summed E-state index contributed by atoms with van der Waals surface area (Å²) in [5.74, 6) is 0.493. The van der Waals surface area contributed by atoms with Crippen molar-refractivity contribution in [2.75, 3.05) is 5.32 Å². The molecule has 98 valence electrons. The molecule has 1 aromatic carbocycles. The van der Waals surface area contributed by atoms with E-state index in [0.29, 0.717) is 22.6 Å². The number of anilines is 2. The van der Waals surface area contributed by atoms with Crippen LogP contribution in [0.1, 0.15) is 27.9 Å². The van der Waals surface area contributed by atoms with Gasteiger partial charge in [0.2, 0.25) is 0 Å². The van der Waals surface area contributed by atoms with Crippen LogP contribution in [0.5, 0.6) is 0 Å². The number of hydrogen-bond donors (Lipinski definition) is 1. The molecule has 0 aliphatic rings. The maximum Gasteiger partial charge on any atom is 0.148 e. The van der Waals surface area contributed by atoms with E-state index in [1.165, 1.54) is 0 Å². The summed E-state index contributed by atoms with van der Waals surface area (Å²) in [6, 6.07) is 11.8. The van der Waals surface area contributed by atoms with Crippen molar-refractivity contribution < 1.29 is 0 Å². The molecule has 2 aromatic rings. The Morgan fingerprint density at radius 2 is 1.70 bits per heavy atom. The first-order chi connectivity index (χ1) is 9.56. The fraction of sp³-hybridized carbons (Fsp3) is 0.188. The highest BCUT2D eigenvalue weighted by atomic mass is 15.0. The van der Waals surface area contributed by atoms with Gasteiger partial charge >= 0.3 is 0 Å². The Labute approximate surface area is 118 Å². The van der Waals surface area contributed by atoms with E-state index in [4.69, 9.17) is 0 Å². The number of hydrogen-bond acceptors (Lipinski definition) is 4. The van der Waals surface area contributed by atoms with E-state index in [9.17, 15) is 10.5 Å². The lowest BCUT2D eigenvalue weighted by Crippen LogP contribution is -2.02. The first-order valence-corrected chi connectivity index (χ1v) is 6.22. The zero-order chi connectivity index (χ0) is 14.7. The molecule has 20 heavy (non-hydrogen) atoms. The molecule has 0 radical (unpaired) electrons. The number of aromatic nitrogens is 1. The first kappa shape index (κ1) is 13.6. The van der Waals surface area contributed by atoms with Gasteiger partial charge in [-0.1, -0.05) is 12.1 Å². The van der Waals surface area contributed by atoms with Gasteiger partial charge in [0.15, 0.2) is 0 Å². The second-order valence-corrected chi connectivity index (χ2v) is 4.65. The molecule has 0 atom stereocenters. The van der Waals surface area contributed by atoms with Crippen molar-refractivity contribution in [2.24, 2.45) is 0 Å². The Kier molecular flexibility index (Phi) is 3.68. The Morgan fingerprint density at radius 1 is 1.00 bits per heavy atom. The van der Waals surface area contributed by atoms with Gasteiger partial charge in [-0.25, -0.2) is 4.98 Å². The zero-order valence-electron chi connectivity index (χ0n) is 11.7. The minimum absolute atomic E-state index is 0.493. The molecule has 0 amide bonds. The topological polar surface area (TPSA) is 72.5 Å². The van der Waals surface area contributed by atoms with Crippen LogP contribution >= 0.6 is 0 Å². The minimum Gasteiger partial charge on any atom is -0.338 e. The second kappa shape index (κ2) is 5.42. The molecule has 1 heterocycles. The second-order valence-electron chi connectivity index (χ2n) is 4.65. The van der Waals surface area contributed by atoms with Crippen molar-refractivity contribution in [1.82, 2.24) is 4.98 Å². The average Bonchev–Trinajstić information content (AvgIpc) is 2.38. The summed E-state index contributed by atoms with van der Waals surface area (Å²) in [6.07, 6.45) is 0. The summed E-state index contributed by atoms with van der Waals surface area (Å²) in [5, 5.41) is 21.6. The molecular weight excluding hydrogens is 248 g/mol. The van der Waals surface area contributed by atoms with Gasteiger partial charge in [-0.3, -0.25) is 0 Å². The number of pyridine rings is 1. The van der Waals surface area contributed by atoms with Crippen molar-refractivity contribution in [3.8, 4) is 12.1 Å². The average molecular weight is 262 g/mol. The molecule has 4 nitrogen and oxygen atoms in total. The lowest BCUT2D eigenvalue weighted by molar-refractivity contribution is 1.16. The van der Waals surface area contributed by atoms with E-state index in [1.54, 1.807) is 0 Å². The third-order valence-corrected chi connectivity index (χ3v) is 3.09. The van der Waals surface area contributed by atoms with E-state index >= 15 is 0 Å². The third-order valence-electron chi connectivity index (χ3n) is 3.09. The summed E-state index contributed by atoms with van der Waals surface area (Å²) in [6.45, 7) is 5.63. The molecule has 1 N–H and O–H groups in total. The summed E-state index contributed by atoms with van der Waals surface area (Å²) in [7, 11) is 0. The molecule has 0 saturated carbocycles. The first-order valence-electron chi connectivity index (χ1n) is 6.22. The number of nitriles is 2. The maximum atomic E-state index is 9.25. The lowest BCUT2D eigenvalue weighted by atomic mass is 10.1. The van der Waals surface area contributed by atoms with Gasteiger partial charge in [0, 0.05) is 5.69 Å². The van der Waals surface area contributed by atoms with E-state index in [-0.39, 0.29) is 0 Å². The molecule has 0 saturated heterocycles. The van der Waals surface area contributed by atoms with Crippen molar-refractivity contribution in [2.45, 2.75) is 20.8 Å². The highest BCUT2D eigenvalue weighted by molar-refractivity contribution is 5.70. The maximum absolute atomic E-state index is 9.25. The van der Waals surface area contributed by atoms with Crippen LogP contribution in [0.2, 0.25) is 0 Å². The van der Waals surface area contributed by atoms with E-state index in [0.717, 1.165) is 16.8 Å². The molecule has 4 heteroatoms. The zero-order valence-corrected chi connectivity index (χ0v) is 11.7. The molecule has 0 bridgehead atoms. The Bertz CT molecular complexity index is 748. The fourth-order valence-electron chi connectivity index (χ4n) is 2.12. The Balaban J connectivity index is 2.55. The number of benzene rings is 1. The third kappa shape index (κ3) is 2.46. The lowest BCUT2D eigenvalue weighted by Gasteiger charge is -2.12. The van der Waals surface area contributed by atoms with Gasteiger partial charge in [0.25, 0.3) is 0 Å². The van der Waals surface area contributed by atoms with Gasteiger partial charge in [-0.05, 0) is 44.0 Å². The fourth-order valence-corrected chi connectivity index (χ4v) is 2.12. The summed E-state index contributed by atoms with van der Waals surface area (Å²) < 4.78 is 0. The van der Waals surface area contributed by atoms with Crippen LogP contribution in [-0.4, -0.2) is 4.98 Å². The molecule has 0 spiro atoms. The Hall–Kier alpha value is -2.85. The summed E-state index contributed by atoms with van der Waals surface area (Å²) >= 11 is 0. The number of nitrogens with zero attached hydrogens (tertiary/aromatic N) is 3. The number of nitrogens with one attached hydrogen (secondary N) is 1. The van der Waals surface area contributed by atoms with Gasteiger partial charge in [-0.2, -0.15) is 10.5 Å². The van der Waals surface area contributed by atoms with Gasteiger partial charge in [-0.15, -0.1) is 0 Å². The highest BCUT2D eigenvalue weighted by Crippen LogP contribution is 2.25. The molecule has 2 rings (SSSR count). The molecule has 1 aromatic heterocycles. The molecule has 0 unspecified atom stereocenters. The largest absolute Gasteiger partial charge is 0.338 e. The standard InChI is InChI=1S/C16H14N4/c1-10-5-4-6-15(13(10)8-17)20-16-14(9-18)11(2)7-12(3)19-16/h4-7H,1-3H3,(H,19,20). The summed E-state index contributed by atoms with van der Waals surface area (Å²) in [5.41, 5.74) is 4.32. The van der Waals surface area contributed by atoms with Crippen LogP contribution < -0.4 is 5.32 Å². The molecular formula is C16H14N4. The van der Waals surface area contributed by atoms with Crippen LogP contribution in [-0.2, 0) is 0 Å². The summed E-state index contributed by atoms with van der Waals surface area (Å²) in [4.78, 5) is 4.36. The normalized spacial score (nSPS) is 9.65. The van der Waals surface area contributed by atoms with E-state index in [1.807, 2.05) is 45.0 Å². The number of aryl methyl sites for hydroxylation is 3.